The third-order valence-corrected chi connectivity index (χ3v) is 2.74. The third-order valence-electron chi connectivity index (χ3n) is 2.74. The van der Waals surface area contributed by atoms with Gasteiger partial charge in [0, 0.05) is 25.0 Å². The Kier molecular flexibility index (Phi) is 7.51. The van der Waals surface area contributed by atoms with Gasteiger partial charge >= 0.3 is 0 Å². The van der Waals surface area contributed by atoms with E-state index >= 15 is 0 Å². The molecule has 0 heterocycles. The first kappa shape index (κ1) is 17.5. The largest absolute Gasteiger partial charge is 0.494 e. The van der Waals surface area contributed by atoms with Crippen molar-refractivity contribution in [2.75, 3.05) is 39.1 Å². The van der Waals surface area contributed by atoms with Gasteiger partial charge in [-0.3, -0.25) is 4.79 Å². The zero-order valence-electron chi connectivity index (χ0n) is 13.2. The summed E-state index contributed by atoms with van der Waals surface area (Å²) < 4.78 is 5.33. The summed E-state index contributed by atoms with van der Waals surface area (Å²) in [5.74, 6) is 0.297. The Morgan fingerprint density at radius 3 is 2.59 bits per heavy atom. The van der Waals surface area contributed by atoms with Crippen LogP contribution in [0, 0.1) is 11.3 Å². The van der Waals surface area contributed by atoms with Crippen LogP contribution in [0.3, 0.4) is 0 Å². The molecule has 0 aliphatic rings. The van der Waals surface area contributed by atoms with Crippen LogP contribution in [-0.4, -0.2) is 44.6 Å². The van der Waals surface area contributed by atoms with Gasteiger partial charge in [0.25, 0.3) is 5.91 Å². The van der Waals surface area contributed by atoms with Gasteiger partial charge in [0.05, 0.1) is 6.61 Å². The van der Waals surface area contributed by atoms with E-state index < -0.39 is 5.91 Å². The monoisotopic (exact) mass is 302 g/mol. The smallest absolute Gasteiger partial charge is 0.267 e. The Hall–Kier alpha value is -2.52. The van der Waals surface area contributed by atoms with Crippen LogP contribution in [0.5, 0.6) is 5.75 Å². The van der Waals surface area contributed by atoms with Crippen LogP contribution in [0.1, 0.15) is 6.92 Å². The summed E-state index contributed by atoms with van der Waals surface area (Å²) in [5, 5.41) is 14.7. The van der Waals surface area contributed by atoms with Crippen molar-refractivity contribution in [1.29, 1.82) is 5.26 Å². The second kappa shape index (κ2) is 9.42. The molecule has 0 aromatic heterocycles. The molecule has 0 spiro atoms. The first-order valence-electron chi connectivity index (χ1n) is 7.09. The Morgan fingerprint density at radius 1 is 1.36 bits per heavy atom. The second-order valence-electron chi connectivity index (χ2n) is 4.84. The van der Waals surface area contributed by atoms with Crippen LogP contribution < -0.4 is 15.4 Å². The van der Waals surface area contributed by atoms with Gasteiger partial charge in [-0.15, -0.1) is 0 Å². The maximum Gasteiger partial charge on any atom is 0.267 e. The Balaban J connectivity index is 2.57. The van der Waals surface area contributed by atoms with Gasteiger partial charge in [-0.05, 0) is 45.3 Å². The lowest BCUT2D eigenvalue weighted by Gasteiger charge is -2.09. The number of hydrogen-bond acceptors (Lipinski definition) is 5. The molecule has 6 nitrogen and oxygen atoms in total. The van der Waals surface area contributed by atoms with E-state index in [1.165, 1.54) is 6.20 Å². The number of rotatable bonds is 8. The highest BCUT2D eigenvalue weighted by Crippen LogP contribution is 2.16. The normalized spacial score (nSPS) is 11.0. The van der Waals surface area contributed by atoms with Crippen molar-refractivity contribution < 1.29 is 9.53 Å². The number of nitrogens with zero attached hydrogens (tertiary/aromatic N) is 2. The number of nitrogens with one attached hydrogen (secondary N) is 2. The zero-order chi connectivity index (χ0) is 16.4. The van der Waals surface area contributed by atoms with E-state index in [0.717, 1.165) is 12.3 Å². The van der Waals surface area contributed by atoms with Crippen LogP contribution in [0.2, 0.25) is 0 Å². The standard InChI is InChI=1S/C16H22N4O2/c1-4-22-15-7-5-14(6-8-15)19-16(21)13(11-17)12-18-9-10-20(2)3/h5-8,12,18H,4,9-10H2,1-3H3,(H,19,21)/b13-12-. The quantitative estimate of drug-likeness (QED) is 0.433. The topological polar surface area (TPSA) is 77.4 Å². The lowest BCUT2D eigenvalue weighted by molar-refractivity contribution is -0.112. The second-order valence-corrected chi connectivity index (χ2v) is 4.84. The van der Waals surface area contributed by atoms with Crippen LogP contribution in [0.25, 0.3) is 0 Å². The first-order valence-corrected chi connectivity index (χ1v) is 7.09. The number of nitriles is 1. The number of carbonyl (C=O) groups excluding carboxylic acids is 1. The molecular weight excluding hydrogens is 280 g/mol. The number of hydrogen-bond donors (Lipinski definition) is 2. The summed E-state index contributed by atoms with van der Waals surface area (Å²) in [4.78, 5) is 14.0. The summed E-state index contributed by atoms with van der Waals surface area (Å²) in [7, 11) is 3.91. The molecule has 0 saturated carbocycles. The SMILES string of the molecule is CCOc1ccc(NC(=O)/C(C#N)=C\NCCN(C)C)cc1. The highest BCUT2D eigenvalue weighted by Gasteiger charge is 2.09. The van der Waals surface area contributed by atoms with Gasteiger partial charge in [0.2, 0.25) is 0 Å². The number of ether oxygens (including phenoxy) is 1. The third kappa shape index (κ3) is 6.29. The Labute approximate surface area is 131 Å². The highest BCUT2D eigenvalue weighted by molar-refractivity contribution is 6.06. The van der Waals surface area contributed by atoms with Crippen molar-refractivity contribution >= 4 is 11.6 Å². The van der Waals surface area contributed by atoms with Gasteiger partial charge < -0.3 is 20.3 Å². The summed E-state index contributed by atoms with van der Waals surface area (Å²) in [6.07, 6.45) is 1.44. The van der Waals surface area contributed by atoms with Gasteiger partial charge in [-0.2, -0.15) is 5.26 Å². The minimum atomic E-state index is -0.441. The maximum atomic E-state index is 12.0. The van der Waals surface area contributed by atoms with Crippen LogP contribution in [-0.2, 0) is 4.79 Å². The van der Waals surface area contributed by atoms with Crippen molar-refractivity contribution in [2.45, 2.75) is 6.92 Å². The van der Waals surface area contributed by atoms with Crippen molar-refractivity contribution in [3.05, 3.63) is 36.0 Å². The fourth-order valence-corrected chi connectivity index (χ4v) is 1.61. The van der Waals surface area contributed by atoms with E-state index in [0.29, 0.717) is 18.8 Å². The molecule has 1 rings (SSSR count). The number of amides is 1. The molecule has 0 aliphatic heterocycles. The predicted octanol–water partition coefficient (Wildman–Crippen LogP) is 1.58. The molecule has 0 atom stereocenters. The first-order chi connectivity index (χ1) is 10.6. The summed E-state index contributed by atoms with van der Waals surface area (Å²) >= 11 is 0. The molecule has 0 saturated heterocycles. The van der Waals surface area contributed by atoms with Gasteiger partial charge in [0.15, 0.2) is 0 Å². The average Bonchev–Trinajstić information content (AvgIpc) is 2.49. The van der Waals surface area contributed by atoms with E-state index in [2.05, 4.69) is 10.6 Å². The van der Waals surface area contributed by atoms with E-state index in [9.17, 15) is 4.79 Å². The van der Waals surface area contributed by atoms with Crippen LogP contribution in [0.4, 0.5) is 5.69 Å². The summed E-state index contributed by atoms with van der Waals surface area (Å²) in [6.45, 7) is 3.97. The minimum absolute atomic E-state index is 0.0349. The molecule has 0 unspecified atom stereocenters. The number of anilines is 1. The molecule has 0 aliphatic carbocycles. The minimum Gasteiger partial charge on any atom is -0.494 e. The fourth-order valence-electron chi connectivity index (χ4n) is 1.61. The molecule has 6 heteroatoms. The molecule has 1 aromatic carbocycles. The van der Waals surface area contributed by atoms with Crippen molar-refractivity contribution in [3.63, 3.8) is 0 Å². The Morgan fingerprint density at radius 2 is 2.05 bits per heavy atom. The van der Waals surface area contributed by atoms with Crippen molar-refractivity contribution in [3.8, 4) is 11.8 Å². The molecule has 0 fully saturated rings. The number of benzene rings is 1. The highest BCUT2D eigenvalue weighted by atomic mass is 16.5. The molecule has 1 amide bonds. The zero-order valence-corrected chi connectivity index (χ0v) is 13.2. The van der Waals surface area contributed by atoms with Crippen LogP contribution in [0.15, 0.2) is 36.0 Å². The molecular formula is C16H22N4O2. The van der Waals surface area contributed by atoms with Gasteiger partial charge in [-0.1, -0.05) is 0 Å². The molecule has 0 bridgehead atoms. The maximum absolute atomic E-state index is 12.0. The molecule has 22 heavy (non-hydrogen) atoms. The lowest BCUT2D eigenvalue weighted by atomic mass is 10.2. The molecule has 1 aromatic rings. The van der Waals surface area contributed by atoms with Crippen molar-refractivity contribution in [1.82, 2.24) is 10.2 Å². The molecule has 0 radical (unpaired) electrons. The summed E-state index contributed by atoms with van der Waals surface area (Å²) in [5.41, 5.74) is 0.649. The molecule has 2 N–H and O–H groups in total. The average molecular weight is 302 g/mol. The number of carbonyl (C=O) groups is 1. The van der Waals surface area contributed by atoms with E-state index in [1.807, 2.05) is 32.0 Å². The Bertz CT molecular complexity index is 544. The fraction of sp³-hybridized carbons (Fsp3) is 0.375. The van der Waals surface area contributed by atoms with E-state index in [-0.39, 0.29) is 5.57 Å². The number of likely N-dealkylation sites (N-methyl/N-ethyl adjacent to an activating group) is 1. The van der Waals surface area contributed by atoms with Crippen molar-refractivity contribution in [2.24, 2.45) is 0 Å². The lowest BCUT2D eigenvalue weighted by Crippen LogP contribution is -2.24. The van der Waals surface area contributed by atoms with E-state index in [1.54, 1.807) is 24.3 Å². The van der Waals surface area contributed by atoms with Crippen LogP contribution >= 0.6 is 0 Å². The van der Waals surface area contributed by atoms with Gasteiger partial charge in [0.1, 0.15) is 17.4 Å². The summed E-state index contributed by atoms with van der Waals surface area (Å²) in [6, 6.07) is 8.89. The molecule has 118 valence electrons. The predicted molar refractivity (Wildman–Crippen MR) is 86.5 cm³/mol. The van der Waals surface area contributed by atoms with Gasteiger partial charge in [-0.25, -0.2) is 0 Å². The van der Waals surface area contributed by atoms with E-state index in [4.69, 9.17) is 10.00 Å².